The number of nitrogens with zero attached hydrogens (tertiary/aromatic N) is 1. The van der Waals surface area contributed by atoms with Gasteiger partial charge in [-0.25, -0.2) is 4.90 Å². The molecular formula is C22H15ClN2O3. The number of halogens is 1. The molecule has 0 aromatic heterocycles. The number of fused-ring (bicyclic) bond motifs is 1. The summed E-state index contributed by atoms with van der Waals surface area (Å²) in [5.41, 5.74) is 3.08. The summed E-state index contributed by atoms with van der Waals surface area (Å²) in [4.78, 5) is 38.6. The summed E-state index contributed by atoms with van der Waals surface area (Å²) < 4.78 is 0. The van der Waals surface area contributed by atoms with Gasteiger partial charge in [-0.2, -0.15) is 0 Å². The second kappa shape index (κ2) is 6.94. The van der Waals surface area contributed by atoms with Crippen molar-refractivity contribution in [1.29, 1.82) is 0 Å². The zero-order valence-electron chi connectivity index (χ0n) is 14.9. The standard InChI is InChI=1S/C22H15ClN2O3/c1-13-6-11-18(19(23)12-13)20(26)24-14-7-9-15(10-8-14)25-21(27)16-4-2-3-5-17(16)22(25)28/h2-12H,1H3,(H,24,26). The van der Waals surface area contributed by atoms with E-state index in [0.29, 0.717) is 33.1 Å². The van der Waals surface area contributed by atoms with E-state index in [2.05, 4.69) is 5.32 Å². The second-order valence-corrected chi connectivity index (χ2v) is 6.88. The number of aryl methyl sites for hydroxylation is 1. The molecule has 5 nitrogen and oxygen atoms in total. The van der Waals surface area contributed by atoms with Crippen LogP contribution in [0.15, 0.2) is 66.7 Å². The number of anilines is 2. The van der Waals surface area contributed by atoms with E-state index >= 15 is 0 Å². The lowest BCUT2D eigenvalue weighted by Gasteiger charge is -2.14. The number of imide groups is 1. The Bertz CT molecular complexity index is 1090. The van der Waals surface area contributed by atoms with Gasteiger partial charge in [0.25, 0.3) is 17.7 Å². The van der Waals surface area contributed by atoms with Crippen molar-refractivity contribution in [3.05, 3.63) is 94.0 Å². The molecule has 0 saturated heterocycles. The third kappa shape index (κ3) is 3.06. The van der Waals surface area contributed by atoms with E-state index in [1.54, 1.807) is 60.7 Å². The average molecular weight is 391 g/mol. The molecule has 3 amide bonds. The van der Waals surface area contributed by atoms with Crippen molar-refractivity contribution >= 4 is 40.7 Å². The molecule has 0 bridgehead atoms. The van der Waals surface area contributed by atoms with Crippen molar-refractivity contribution in [3.63, 3.8) is 0 Å². The molecule has 138 valence electrons. The first kappa shape index (κ1) is 17.9. The minimum Gasteiger partial charge on any atom is -0.322 e. The Hall–Kier alpha value is -3.44. The first-order valence-electron chi connectivity index (χ1n) is 8.61. The summed E-state index contributed by atoms with van der Waals surface area (Å²) in [5, 5.41) is 3.14. The number of rotatable bonds is 3. The van der Waals surface area contributed by atoms with Gasteiger partial charge in [0.1, 0.15) is 0 Å². The zero-order chi connectivity index (χ0) is 19.8. The van der Waals surface area contributed by atoms with Crippen LogP contribution >= 0.6 is 11.6 Å². The van der Waals surface area contributed by atoms with Crippen LogP contribution in [0.5, 0.6) is 0 Å². The number of carbonyl (C=O) groups excluding carboxylic acids is 3. The summed E-state index contributed by atoms with van der Waals surface area (Å²) in [6.45, 7) is 1.89. The molecule has 28 heavy (non-hydrogen) atoms. The highest BCUT2D eigenvalue weighted by Crippen LogP contribution is 2.29. The van der Waals surface area contributed by atoms with Crippen LogP contribution in [0.4, 0.5) is 11.4 Å². The molecule has 0 unspecified atom stereocenters. The van der Waals surface area contributed by atoms with Crippen LogP contribution in [0.1, 0.15) is 36.6 Å². The van der Waals surface area contributed by atoms with Gasteiger partial charge in [-0.1, -0.05) is 29.8 Å². The minimum absolute atomic E-state index is 0.335. The molecule has 0 saturated carbocycles. The number of benzene rings is 3. The molecule has 6 heteroatoms. The number of hydrogen-bond donors (Lipinski definition) is 1. The maximum atomic E-state index is 12.5. The highest BCUT2D eigenvalue weighted by Gasteiger charge is 2.36. The molecule has 1 heterocycles. The van der Waals surface area contributed by atoms with Crippen molar-refractivity contribution in [2.75, 3.05) is 10.2 Å². The molecule has 0 spiro atoms. The highest BCUT2D eigenvalue weighted by molar-refractivity contribution is 6.35. The summed E-state index contributed by atoms with van der Waals surface area (Å²) in [6.07, 6.45) is 0. The first-order chi connectivity index (χ1) is 13.5. The molecule has 3 aromatic rings. The van der Waals surface area contributed by atoms with Crippen molar-refractivity contribution in [2.24, 2.45) is 0 Å². The topological polar surface area (TPSA) is 66.5 Å². The molecule has 0 radical (unpaired) electrons. The van der Waals surface area contributed by atoms with Crippen LogP contribution in [0.3, 0.4) is 0 Å². The van der Waals surface area contributed by atoms with Gasteiger partial charge in [-0.15, -0.1) is 0 Å². The molecule has 3 aromatic carbocycles. The Kier molecular flexibility index (Phi) is 4.45. The monoisotopic (exact) mass is 390 g/mol. The summed E-state index contributed by atoms with van der Waals surface area (Å²) in [7, 11) is 0. The fourth-order valence-electron chi connectivity index (χ4n) is 3.12. The molecule has 4 rings (SSSR count). The van der Waals surface area contributed by atoms with E-state index < -0.39 is 0 Å². The van der Waals surface area contributed by atoms with Gasteiger partial charge >= 0.3 is 0 Å². The smallest absolute Gasteiger partial charge is 0.266 e. The van der Waals surface area contributed by atoms with Gasteiger partial charge in [0.05, 0.1) is 27.4 Å². The van der Waals surface area contributed by atoms with Gasteiger partial charge in [-0.3, -0.25) is 14.4 Å². The van der Waals surface area contributed by atoms with E-state index in [9.17, 15) is 14.4 Å². The Morgan fingerprint density at radius 1 is 0.893 bits per heavy atom. The van der Waals surface area contributed by atoms with Crippen LogP contribution in [0, 0.1) is 6.92 Å². The summed E-state index contributed by atoms with van der Waals surface area (Å²) >= 11 is 6.14. The molecule has 1 N–H and O–H groups in total. The van der Waals surface area contributed by atoms with Crippen molar-refractivity contribution in [3.8, 4) is 0 Å². The highest BCUT2D eigenvalue weighted by atomic mass is 35.5. The van der Waals surface area contributed by atoms with Gasteiger partial charge in [0.15, 0.2) is 0 Å². The third-order valence-electron chi connectivity index (χ3n) is 4.55. The lowest BCUT2D eigenvalue weighted by Crippen LogP contribution is -2.29. The predicted octanol–water partition coefficient (Wildman–Crippen LogP) is 4.70. The van der Waals surface area contributed by atoms with E-state index in [1.165, 1.54) is 0 Å². The normalized spacial score (nSPS) is 12.9. The predicted molar refractivity (Wildman–Crippen MR) is 108 cm³/mol. The molecule has 0 fully saturated rings. The second-order valence-electron chi connectivity index (χ2n) is 6.48. The zero-order valence-corrected chi connectivity index (χ0v) is 15.7. The first-order valence-corrected chi connectivity index (χ1v) is 8.99. The van der Waals surface area contributed by atoms with E-state index in [-0.39, 0.29) is 17.7 Å². The van der Waals surface area contributed by atoms with Crippen LogP contribution in [0.2, 0.25) is 5.02 Å². The van der Waals surface area contributed by atoms with Crippen LogP contribution in [0.25, 0.3) is 0 Å². The van der Waals surface area contributed by atoms with Crippen LogP contribution in [-0.4, -0.2) is 17.7 Å². The molecule has 0 aliphatic carbocycles. The largest absolute Gasteiger partial charge is 0.322 e. The lowest BCUT2D eigenvalue weighted by atomic mass is 10.1. The lowest BCUT2D eigenvalue weighted by molar-refractivity contribution is 0.0924. The van der Waals surface area contributed by atoms with Gasteiger partial charge in [-0.05, 0) is 61.0 Å². The molecule has 0 atom stereocenters. The Morgan fingerprint density at radius 3 is 2.07 bits per heavy atom. The van der Waals surface area contributed by atoms with Crippen molar-refractivity contribution < 1.29 is 14.4 Å². The Morgan fingerprint density at radius 2 is 1.50 bits per heavy atom. The van der Waals surface area contributed by atoms with Gasteiger partial charge in [0, 0.05) is 5.69 Å². The Labute approximate surface area is 166 Å². The van der Waals surface area contributed by atoms with Gasteiger partial charge in [0.2, 0.25) is 0 Å². The average Bonchev–Trinajstić information content (AvgIpc) is 2.93. The van der Waals surface area contributed by atoms with E-state index in [1.807, 2.05) is 13.0 Å². The van der Waals surface area contributed by atoms with Gasteiger partial charge < -0.3 is 5.32 Å². The molecular weight excluding hydrogens is 376 g/mol. The molecule has 1 aliphatic rings. The summed E-state index contributed by atoms with van der Waals surface area (Å²) in [5.74, 6) is -1.05. The van der Waals surface area contributed by atoms with Crippen molar-refractivity contribution in [2.45, 2.75) is 6.92 Å². The number of amides is 3. The quantitative estimate of drug-likeness (QED) is 0.659. The minimum atomic E-state index is -0.358. The van der Waals surface area contributed by atoms with E-state index in [4.69, 9.17) is 11.6 Å². The SMILES string of the molecule is Cc1ccc(C(=O)Nc2ccc(N3C(=O)c4ccccc4C3=O)cc2)c(Cl)c1. The van der Waals surface area contributed by atoms with E-state index in [0.717, 1.165) is 10.5 Å². The van der Waals surface area contributed by atoms with Crippen LogP contribution < -0.4 is 10.2 Å². The number of carbonyl (C=O) groups is 3. The maximum Gasteiger partial charge on any atom is 0.266 e. The van der Waals surface area contributed by atoms with Crippen molar-refractivity contribution in [1.82, 2.24) is 0 Å². The third-order valence-corrected chi connectivity index (χ3v) is 4.86. The Balaban J connectivity index is 1.54. The molecule has 1 aliphatic heterocycles. The summed E-state index contributed by atoms with van der Waals surface area (Å²) in [6, 6.07) is 18.4. The fraction of sp³-hybridized carbons (Fsp3) is 0.0455. The van der Waals surface area contributed by atoms with Crippen LogP contribution in [-0.2, 0) is 0 Å². The fourth-order valence-corrected chi connectivity index (χ4v) is 3.44. The number of hydrogen-bond acceptors (Lipinski definition) is 3. The number of nitrogens with one attached hydrogen (secondary N) is 1. The maximum absolute atomic E-state index is 12.5.